The van der Waals surface area contributed by atoms with E-state index in [1.807, 2.05) is 0 Å². The van der Waals surface area contributed by atoms with Crippen molar-refractivity contribution in [2.24, 2.45) is 0 Å². The number of benzene rings is 1. The van der Waals surface area contributed by atoms with Gasteiger partial charge < -0.3 is 0 Å². The lowest BCUT2D eigenvalue weighted by atomic mass is 10.4. The predicted molar refractivity (Wildman–Crippen MR) is 48.9 cm³/mol. The number of halogens is 2. The van der Waals surface area contributed by atoms with Gasteiger partial charge in [-0.25, -0.2) is 9.13 Å². The van der Waals surface area contributed by atoms with Gasteiger partial charge in [-0.2, -0.15) is 0 Å². The molecule has 0 aliphatic carbocycles. The molecule has 2 nitrogen and oxygen atoms in total. The van der Waals surface area contributed by atoms with E-state index in [2.05, 4.69) is 0 Å². The highest BCUT2D eigenvalue weighted by molar-refractivity contribution is 7.40. The second kappa shape index (κ2) is 6.41. The topological polar surface area (TPSA) is 34.1 Å². The monoisotopic (exact) mass is 212 g/mol. The largest absolute Gasteiger partial charge is 0.348 e. The molecule has 0 N–H and O–H groups in total. The Labute approximate surface area is 77.6 Å². The van der Waals surface area contributed by atoms with E-state index in [4.69, 9.17) is 0 Å². The van der Waals surface area contributed by atoms with Gasteiger partial charge in [-0.05, 0) is 12.1 Å². The molecule has 62 valence electrons. The van der Waals surface area contributed by atoms with Crippen LogP contribution < -0.4 is 5.30 Å². The van der Waals surface area contributed by atoms with Crippen LogP contribution in [0.3, 0.4) is 0 Å². The van der Waals surface area contributed by atoms with Crippen molar-refractivity contribution in [1.29, 1.82) is 0 Å². The zero-order valence-corrected chi connectivity index (χ0v) is 7.99. The first-order valence-corrected chi connectivity index (χ1v) is 3.68. The Bertz CT molecular complexity index is 251. The molecule has 1 aromatic carbocycles. The molecule has 0 aliphatic heterocycles. The fraction of sp³-hybridized carbons (Fsp3) is 0. The summed E-state index contributed by atoms with van der Waals surface area (Å²) in [6, 6.07) is 8.29. The summed E-state index contributed by atoms with van der Waals surface area (Å²) < 4.78 is 20.5. The van der Waals surface area contributed by atoms with Gasteiger partial charge in [0.1, 0.15) is 0 Å². The Morgan fingerprint density at radius 2 is 1.36 bits per heavy atom. The summed E-state index contributed by atoms with van der Waals surface area (Å²) in [5.74, 6) is 0. The van der Waals surface area contributed by atoms with Crippen LogP contribution in [0.5, 0.6) is 0 Å². The molecule has 5 heteroatoms. The highest BCUT2D eigenvalue weighted by atomic mass is 35.5. The van der Waals surface area contributed by atoms with Crippen molar-refractivity contribution >= 4 is 37.8 Å². The molecule has 0 spiro atoms. The standard InChI is InChI=1S/C6H5O2P.2ClH/c7-9(8)6-4-2-1-3-5-6;;/h1-5H;2*1H. The van der Waals surface area contributed by atoms with Crippen LogP contribution in [0, 0.1) is 0 Å². The lowest BCUT2D eigenvalue weighted by molar-refractivity contribution is 0.523. The van der Waals surface area contributed by atoms with Crippen LogP contribution in [-0.4, -0.2) is 0 Å². The van der Waals surface area contributed by atoms with Crippen molar-refractivity contribution in [3.63, 3.8) is 0 Å². The van der Waals surface area contributed by atoms with Gasteiger partial charge >= 0.3 is 7.68 Å². The second-order valence-electron chi connectivity index (χ2n) is 1.59. The molecule has 0 saturated carbocycles. The van der Waals surface area contributed by atoms with Crippen LogP contribution >= 0.6 is 32.5 Å². The van der Waals surface area contributed by atoms with E-state index < -0.39 is 7.68 Å². The normalized spacial score (nSPS) is 7.27. The summed E-state index contributed by atoms with van der Waals surface area (Å²) in [6.45, 7) is 0. The van der Waals surface area contributed by atoms with E-state index in [1.54, 1.807) is 30.3 Å². The van der Waals surface area contributed by atoms with Gasteiger partial charge in [0.2, 0.25) is 0 Å². The first-order chi connectivity index (χ1) is 4.30. The van der Waals surface area contributed by atoms with Crippen molar-refractivity contribution in [2.75, 3.05) is 0 Å². The summed E-state index contributed by atoms with van der Waals surface area (Å²) in [5, 5.41) is 0.368. The number of hydrogen-bond donors (Lipinski definition) is 0. The van der Waals surface area contributed by atoms with Gasteiger partial charge in [-0.3, -0.25) is 0 Å². The molecule has 0 atom stereocenters. The minimum Gasteiger partial charge on any atom is -0.232 e. The van der Waals surface area contributed by atoms with Crippen LogP contribution in [0.25, 0.3) is 0 Å². The van der Waals surface area contributed by atoms with E-state index in [0.29, 0.717) is 5.30 Å². The fourth-order valence-electron chi connectivity index (χ4n) is 0.550. The zero-order chi connectivity index (χ0) is 6.69. The molecular weight excluding hydrogens is 206 g/mol. The average Bonchev–Trinajstić information content (AvgIpc) is 1.90. The smallest absolute Gasteiger partial charge is 0.232 e. The van der Waals surface area contributed by atoms with Gasteiger partial charge in [0.05, 0.1) is 5.30 Å². The Balaban J connectivity index is 0. The maximum atomic E-state index is 10.2. The average molecular weight is 213 g/mol. The molecule has 11 heavy (non-hydrogen) atoms. The maximum Gasteiger partial charge on any atom is 0.348 e. The van der Waals surface area contributed by atoms with Crippen LogP contribution in [0.2, 0.25) is 0 Å². The SMILES string of the molecule is Cl.Cl.O=P(=O)c1ccccc1. The van der Waals surface area contributed by atoms with Crippen molar-refractivity contribution in [2.45, 2.75) is 0 Å². The first kappa shape index (κ1) is 13.3. The molecule has 1 aromatic rings. The van der Waals surface area contributed by atoms with Crippen molar-refractivity contribution in [3.05, 3.63) is 30.3 Å². The third kappa shape index (κ3) is 4.20. The second-order valence-corrected chi connectivity index (χ2v) is 2.62. The summed E-state index contributed by atoms with van der Waals surface area (Å²) in [5.41, 5.74) is 0. The van der Waals surface area contributed by atoms with Crippen molar-refractivity contribution in [1.82, 2.24) is 0 Å². The Morgan fingerprint density at radius 1 is 0.909 bits per heavy atom. The Hall–Kier alpha value is -0.300. The molecule has 0 saturated heterocycles. The molecular formula is C6H7Cl2O2P. The van der Waals surface area contributed by atoms with Gasteiger partial charge in [0, 0.05) is 0 Å². The van der Waals surface area contributed by atoms with E-state index in [-0.39, 0.29) is 24.8 Å². The lowest BCUT2D eigenvalue weighted by Gasteiger charge is -1.81. The molecule has 1 rings (SSSR count). The molecule has 0 heterocycles. The van der Waals surface area contributed by atoms with Crippen LogP contribution in [0.15, 0.2) is 30.3 Å². The predicted octanol–water partition coefficient (Wildman–Crippen LogP) is 2.33. The molecule has 0 amide bonds. The third-order valence-electron chi connectivity index (χ3n) is 0.967. The number of rotatable bonds is 1. The highest BCUT2D eigenvalue weighted by Crippen LogP contribution is 2.01. The minimum atomic E-state index is -2.40. The zero-order valence-electron chi connectivity index (χ0n) is 5.47. The molecule has 0 aliphatic rings. The van der Waals surface area contributed by atoms with E-state index in [0.717, 1.165) is 0 Å². The molecule has 0 aromatic heterocycles. The number of hydrogen-bond acceptors (Lipinski definition) is 2. The van der Waals surface area contributed by atoms with E-state index in [1.165, 1.54) is 0 Å². The molecule has 0 fully saturated rings. The van der Waals surface area contributed by atoms with Gasteiger partial charge in [-0.15, -0.1) is 24.8 Å². The summed E-state index contributed by atoms with van der Waals surface area (Å²) in [7, 11) is -2.40. The lowest BCUT2D eigenvalue weighted by Crippen LogP contribution is -1.87. The Morgan fingerprint density at radius 3 is 1.64 bits per heavy atom. The van der Waals surface area contributed by atoms with Crippen LogP contribution in [0.1, 0.15) is 0 Å². The van der Waals surface area contributed by atoms with Crippen LogP contribution in [0.4, 0.5) is 0 Å². The molecule has 0 unspecified atom stereocenters. The highest BCUT2D eigenvalue weighted by Gasteiger charge is 1.92. The Kier molecular flexibility index (Phi) is 7.75. The molecule has 0 bridgehead atoms. The van der Waals surface area contributed by atoms with Crippen LogP contribution in [-0.2, 0) is 9.13 Å². The van der Waals surface area contributed by atoms with Gasteiger partial charge in [-0.1, -0.05) is 18.2 Å². The maximum absolute atomic E-state index is 10.2. The minimum absolute atomic E-state index is 0. The molecule has 0 radical (unpaired) electrons. The van der Waals surface area contributed by atoms with Crippen molar-refractivity contribution < 1.29 is 9.13 Å². The van der Waals surface area contributed by atoms with Crippen molar-refractivity contribution in [3.8, 4) is 0 Å². The summed E-state index contributed by atoms with van der Waals surface area (Å²) in [4.78, 5) is 0. The fourth-order valence-corrected chi connectivity index (χ4v) is 0.965. The van der Waals surface area contributed by atoms with Gasteiger partial charge in [0.15, 0.2) is 0 Å². The summed E-state index contributed by atoms with van der Waals surface area (Å²) in [6.07, 6.45) is 0. The quantitative estimate of drug-likeness (QED) is 0.670. The van der Waals surface area contributed by atoms with E-state index >= 15 is 0 Å². The third-order valence-corrected chi connectivity index (χ3v) is 1.69. The summed E-state index contributed by atoms with van der Waals surface area (Å²) >= 11 is 0. The first-order valence-electron chi connectivity index (χ1n) is 2.50. The van der Waals surface area contributed by atoms with Gasteiger partial charge in [0.25, 0.3) is 0 Å². The van der Waals surface area contributed by atoms with E-state index in [9.17, 15) is 9.13 Å².